The lowest BCUT2D eigenvalue weighted by molar-refractivity contribution is -0.170. The number of methoxy groups -OCH3 is 1. The van der Waals surface area contributed by atoms with Gasteiger partial charge in [-0.05, 0) is 54.5 Å². The van der Waals surface area contributed by atoms with Crippen molar-refractivity contribution in [1.29, 1.82) is 0 Å². The van der Waals surface area contributed by atoms with Crippen molar-refractivity contribution >= 4 is 60.2 Å². The molecule has 3 aromatic rings. The van der Waals surface area contributed by atoms with E-state index in [9.17, 15) is 33.9 Å². The molecular formula is C42H52N12O9. The molecule has 3 aromatic carbocycles. The summed E-state index contributed by atoms with van der Waals surface area (Å²) < 4.78 is 10.6. The van der Waals surface area contributed by atoms with E-state index in [2.05, 4.69) is 31.0 Å². The Morgan fingerprint density at radius 2 is 1.13 bits per heavy atom. The number of carbonyl (C=O) groups excluding carboxylic acids is 5. The molecule has 2 fully saturated rings. The molecule has 2 aliphatic rings. The van der Waals surface area contributed by atoms with E-state index in [4.69, 9.17) is 32.4 Å². The molecule has 0 saturated carbocycles. The first-order valence-corrected chi connectivity index (χ1v) is 19.8. The molecule has 21 heteroatoms. The SMILES string of the molecule is CC[C@@H](NC(=O)N1C(=O)[C@H](C/C=N/N=C(N)N)[C@H]1C(=O)O)c1ccccc1.CC[C@@H](NC(=O)N1C(=O)[C@H](C/C=N/N=C(N)N)[C@H]1C(=O)OCc1ccc(OC)cc1)c1ccccc1. The van der Waals surface area contributed by atoms with Crippen LogP contribution in [0.5, 0.6) is 5.75 Å². The molecule has 21 nitrogen and oxygen atoms in total. The van der Waals surface area contributed by atoms with E-state index >= 15 is 0 Å². The highest BCUT2D eigenvalue weighted by molar-refractivity contribution is 6.09. The number of ether oxygens (including phenoxy) is 2. The molecule has 5 rings (SSSR count). The summed E-state index contributed by atoms with van der Waals surface area (Å²) in [6, 6.07) is 21.2. The van der Waals surface area contributed by atoms with Crippen molar-refractivity contribution in [3.8, 4) is 5.75 Å². The second-order valence-electron chi connectivity index (χ2n) is 14.1. The largest absolute Gasteiger partial charge is 0.497 e. The number of nitrogens with two attached hydrogens (primary N) is 4. The maximum absolute atomic E-state index is 13.1. The van der Waals surface area contributed by atoms with E-state index in [1.54, 1.807) is 31.4 Å². The number of nitrogens with one attached hydrogen (secondary N) is 2. The number of guanidine groups is 2. The molecule has 6 amide bonds. The Labute approximate surface area is 363 Å². The van der Waals surface area contributed by atoms with E-state index in [0.29, 0.717) is 18.6 Å². The zero-order chi connectivity index (χ0) is 46.1. The predicted molar refractivity (Wildman–Crippen MR) is 233 cm³/mol. The molecule has 2 aliphatic heterocycles. The normalized spacial score (nSPS) is 18.7. The number of hydrogen-bond donors (Lipinski definition) is 7. The summed E-state index contributed by atoms with van der Waals surface area (Å²) in [7, 11) is 1.56. The van der Waals surface area contributed by atoms with Crippen LogP contribution in [0.1, 0.15) is 68.3 Å². The van der Waals surface area contributed by atoms with Crippen LogP contribution >= 0.6 is 0 Å². The summed E-state index contributed by atoms with van der Waals surface area (Å²) in [5.74, 6) is -4.63. The third-order valence-corrected chi connectivity index (χ3v) is 9.94. The number of urea groups is 2. The lowest BCUT2D eigenvalue weighted by Crippen LogP contribution is -2.68. The first-order valence-electron chi connectivity index (χ1n) is 19.8. The van der Waals surface area contributed by atoms with Gasteiger partial charge in [0.05, 0.1) is 31.0 Å². The smallest absolute Gasteiger partial charge is 0.330 e. The number of likely N-dealkylation sites (tertiary alicyclic amines) is 2. The highest BCUT2D eigenvalue weighted by Gasteiger charge is 2.56. The van der Waals surface area contributed by atoms with Gasteiger partial charge < -0.3 is 48.1 Å². The minimum absolute atomic E-state index is 0.00620. The third-order valence-electron chi connectivity index (χ3n) is 9.94. The second kappa shape index (κ2) is 23.2. The number of β-lactam (4-membered cyclic amide) rings is 2. The van der Waals surface area contributed by atoms with Crippen molar-refractivity contribution in [1.82, 2.24) is 20.4 Å². The van der Waals surface area contributed by atoms with Crippen molar-refractivity contribution in [2.75, 3.05) is 7.11 Å². The molecular weight excluding hydrogens is 817 g/mol. The Morgan fingerprint density at radius 3 is 1.52 bits per heavy atom. The number of benzene rings is 3. The highest BCUT2D eigenvalue weighted by atomic mass is 16.5. The van der Waals surface area contributed by atoms with Gasteiger partial charge in [-0.15, -0.1) is 10.2 Å². The van der Waals surface area contributed by atoms with Crippen molar-refractivity contribution in [3.63, 3.8) is 0 Å². The monoisotopic (exact) mass is 868 g/mol. The van der Waals surface area contributed by atoms with E-state index in [1.807, 2.05) is 74.5 Å². The average Bonchev–Trinajstić information content (AvgIpc) is 3.27. The Bertz CT molecular complexity index is 2180. The zero-order valence-corrected chi connectivity index (χ0v) is 34.9. The van der Waals surface area contributed by atoms with E-state index in [1.165, 1.54) is 12.4 Å². The molecule has 0 radical (unpaired) electrons. The van der Waals surface area contributed by atoms with Crippen LogP contribution in [0, 0.1) is 11.8 Å². The second-order valence-corrected chi connectivity index (χ2v) is 14.1. The van der Waals surface area contributed by atoms with Gasteiger partial charge in [0.25, 0.3) is 0 Å². The van der Waals surface area contributed by atoms with Gasteiger partial charge in [-0.1, -0.05) is 86.6 Å². The van der Waals surface area contributed by atoms with Crippen LogP contribution in [-0.4, -0.2) is 94.3 Å². The van der Waals surface area contributed by atoms with Gasteiger partial charge in [0.15, 0.2) is 12.1 Å². The fraction of sp³-hybridized carbons (Fsp3) is 0.333. The number of imide groups is 2. The minimum atomic E-state index is -1.27. The van der Waals surface area contributed by atoms with Gasteiger partial charge >= 0.3 is 24.0 Å². The Hall–Kier alpha value is -7.84. The molecule has 2 heterocycles. The molecule has 0 aromatic heterocycles. The first-order chi connectivity index (χ1) is 30.2. The van der Waals surface area contributed by atoms with E-state index in [0.717, 1.165) is 26.5 Å². The number of carboxylic acids is 1. The number of amides is 6. The van der Waals surface area contributed by atoms with E-state index < -0.39 is 59.7 Å². The molecule has 0 bridgehead atoms. The van der Waals surface area contributed by atoms with Crippen molar-refractivity contribution in [2.45, 2.75) is 70.3 Å². The number of hydrogen-bond acceptors (Lipinski definition) is 12. The van der Waals surface area contributed by atoms with E-state index in [-0.39, 0.29) is 43.5 Å². The molecule has 6 atom stereocenters. The Kier molecular flexibility index (Phi) is 17.6. The topological polar surface area (TPSA) is 325 Å². The third kappa shape index (κ3) is 12.8. The van der Waals surface area contributed by atoms with Gasteiger partial charge in [-0.3, -0.25) is 9.59 Å². The lowest BCUT2D eigenvalue weighted by Gasteiger charge is -2.43. The van der Waals surface area contributed by atoms with Crippen molar-refractivity contribution in [3.05, 3.63) is 102 Å². The minimum Gasteiger partial charge on any atom is -0.497 e. The average molecular weight is 869 g/mol. The lowest BCUT2D eigenvalue weighted by atomic mass is 9.85. The number of carbonyl (C=O) groups is 6. The van der Waals surface area contributed by atoms with Crippen LogP contribution in [0.3, 0.4) is 0 Å². The molecule has 0 spiro atoms. The first kappa shape index (κ1) is 47.8. The summed E-state index contributed by atoms with van der Waals surface area (Å²) in [6.45, 7) is 3.77. The van der Waals surface area contributed by atoms with Gasteiger partial charge in [-0.2, -0.15) is 10.2 Å². The van der Waals surface area contributed by atoms with Gasteiger partial charge in [0.1, 0.15) is 12.4 Å². The predicted octanol–water partition coefficient (Wildman–Crippen LogP) is 2.48. The van der Waals surface area contributed by atoms with Gasteiger partial charge in [-0.25, -0.2) is 29.0 Å². The quantitative estimate of drug-likeness (QED) is 0.0338. The Balaban J connectivity index is 0.000000288. The molecule has 63 heavy (non-hydrogen) atoms. The standard InChI is InChI=1S/C25H30N6O5.C17H22N6O4/c1-3-20(17-7-5-4-6-8-17)29-25(34)31-21(19(22(31)32)13-14-28-30-24(26)27)23(33)36-15-16-9-11-18(35-2)12-10-16;1-2-12(10-6-4-3-5-7-10)21-17(27)23-13(15(25)26)11(14(23)24)8-9-20-22-16(18)19/h4-12,14,19-21H,3,13,15H2,1-2H3,(H,29,34)(H4,26,27,30);3-7,9,11-13H,2,8H2,1H3,(H,21,27)(H,25,26)(H4,18,19,22)/b28-14+;20-9+/t19-,20-,21+;11-,12-,13+/m11/s1. The number of esters is 1. The fourth-order valence-corrected chi connectivity index (χ4v) is 6.71. The molecule has 11 N–H and O–H groups in total. The number of nitrogens with zero attached hydrogens (tertiary/aromatic N) is 6. The van der Waals surface area contributed by atoms with Crippen LogP contribution in [0.4, 0.5) is 9.59 Å². The van der Waals surface area contributed by atoms with Crippen molar-refractivity contribution in [2.24, 2.45) is 55.2 Å². The summed E-state index contributed by atoms with van der Waals surface area (Å²) in [4.78, 5) is 77.0. The van der Waals surface area contributed by atoms with Crippen LogP contribution in [-0.2, 0) is 30.5 Å². The summed E-state index contributed by atoms with van der Waals surface area (Å²) >= 11 is 0. The molecule has 0 unspecified atom stereocenters. The summed E-state index contributed by atoms with van der Waals surface area (Å²) in [5.41, 5.74) is 23.2. The van der Waals surface area contributed by atoms with Crippen molar-refractivity contribution < 1.29 is 43.3 Å². The van der Waals surface area contributed by atoms with Crippen LogP contribution < -0.4 is 38.3 Å². The number of aliphatic carboxylic acids is 1. The Morgan fingerprint density at radius 1 is 0.698 bits per heavy atom. The van der Waals surface area contributed by atoms with Gasteiger partial charge in [0.2, 0.25) is 23.7 Å². The number of rotatable bonds is 17. The van der Waals surface area contributed by atoms with Crippen LogP contribution in [0.25, 0.3) is 0 Å². The van der Waals surface area contributed by atoms with Gasteiger partial charge in [0, 0.05) is 12.4 Å². The number of carboxylic acid groups (broad SMARTS) is 1. The molecule has 2 saturated heterocycles. The maximum atomic E-state index is 13.1. The van der Waals surface area contributed by atoms with Crippen LogP contribution in [0.2, 0.25) is 0 Å². The molecule has 0 aliphatic carbocycles. The summed E-state index contributed by atoms with van der Waals surface area (Å²) in [5, 5.41) is 29.1. The summed E-state index contributed by atoms with van der Waals surface area (Å²) in [6.07, 6.45) is 3.80. The van der Waals surface area contributed by atoms with Crippen LogP contribution in [0.15, 0.2) is 105 Å². The zero-order valence-electron chi connectivity index (χ0n) is 34.9. The molecule has 334 valence electrons. The maximum Gasteiger partial charge on any atom is 0.330 e. The highest BCUT2D eigenvalue weighted by Crippen LogP contribution is 2.32. The fourth-order valence-electron chi connectivity index (χ4n) is 6.71.